The van der Waals surface area contributed by atoms with Crippen LogP contribution in [0.2, 0.25) is 0 Å². The smallest absolute Gasteiger partial charge is 0.239 e. The van der Waals surface area contributed by atoms with Crippen molar-refractivity contribution in [3.8, 4) is 0 Å². The van der Waals surface area contributed by atoms with Crippen LogP contribution >= 0.6 is 0 Å². The van der Waals surface area contributed by atoms with Crippen molar-refractivity contribution < 1.29 is 9.53 Å². The van der Waals surface area contributed by atoms with Gasteiger partial charge in [0.1, 0.15) is 0 Å². The summed E-state index contributed by atoms with van der Waals surface area (Å²) in [5.41, 5.74) is 0. The molecule has 2 aliphatic rings. The standard InChI is InChI=1S/C11H20N2O2/c1-9-11(14)13(6-3-5-12-9)8-10-4-2-7-15-10/h9-10,12H,2-8H2,1H3. The topological polar surface area (TPSA) is 41.6 Å². The van der Waals surface area contributed by atoms with Gasteiger partial charge in [0.15, 0.2) is 0 Å². The molecule has 0 spiro atoms. The van der Waals surface area contributed by atoms with Gasteiger partial charge in [-0.25, -0.2) is 0 Å². The number of nitrogens with one attached hydrogen (secondary N) is 1. The largest absolute Gasteiger partial charge is 0.376 e. The maximum atomic E-state index is 11.9. The molecule has 0 aromatic carbocycles. The Morgan fingerprint density at radius 1 is 1.53 bits per heavy atom. The Kier molecular flexibility index (Phi) is 3.59. The van der Waals surface area contributed by atoms with Gasteiger partial charge in [-0.2, -0.15) is 0 Å². The summed E-state index contributed by atoms with van der Waals surface area (Å²) in [5, 5.41) is 3.22. The minimum Gasteiger partial charge on any atom is -0.376 e. The van der Waals surface area contributed by atoms with Crippen molar-refractivity contribution in [1.29, 1.82) is 0 Å². The highest BCUT2D eigenvalue weighted by molar-refractivity contribution is 5.81. The summed E-state index contributed by atoms with van der Waals surface area (Å²) in [7, 11) is 0. The van der Waals surface area contributed by atoms with Crippen LogP contribution in [0.4, 0.5) is 0 Å². The molecule has 1 N–H and O–H groups in total. The molecule has 4 heteroatoms. The average Bonchev–Trinajstić information content (AvgIpc) is 2.68. The number of rotatable bonds is 2. The predicted octanol–water partition coefficient (Wildman–Crippen LogP) is 0.376. The number of carbonyl (C=O) groups is 1. The highest BCUT2D eigenvalue weighted by atomic mass is 16.5. The van der Waals surface area contributed by atoms with Crippen molar-refractivity contribution in [1.82, 2.24) is 10.2 Å². The molecule has 1 amide bonds. The SMILES string of the molecule is CC1NCCCN(CC2CCCO2)C1=O. The van der Waals surface area contributed by atoms with Gasteiger partial charge in [0.2, 0.25) is 5.91 Å². The fourth-order valence-electron chi connectivity index (χ4n) is 2.28. The maximum Gasteiger partial charge on any atom is 0.239 e. The van der Waals surface area contributed by atoms with E-state index in [2.05, 4.69) is 5.32 Å². The summed E-state index contributed by atoms with van der Waals surface area (Å²) in [5.74, 6) is 0.225. The Bertz CT molecular complexity index is 227. The molecular weight excluding hydrogens is 192 g/mol. The Labute approximate surface area is 91.0 Å². The van der Waals surface area contributed by atoms with E-state index in [4.69, 9.17) is 4.74 Å². The normalized spacial score (nSPS) is 33.1. The first kappa shape index (κ1) is 10.9. The Balaban J connectivity index is 1.90. The van der Waals surface area contributed by atoms with Crippen LogP contribution in [-0.2, 0) is 9.53 Å². The monoisotopic (exact) mass is 212 g/mol. The second kappa shape index (κ2) is 4.94. The van der Waals surface area contributed by atoms with E-state index in [0.717, 1.165) is 45.5 Å². The lowest BCUT2D eigenvalue weighted by molar-refractivity contribution is -0.133. The van der Waals surface area contributed by atoms with Gasteiger partial charge in [0.05, 0.1) is 12.1 Å². The summed E-state index contributed by atoms with van der Waals surface area (Å²) in [6, 6.07) is -0.0334. The van der Waals surface area contributed by atoms with Gasteiger partial charge in [-0.3, -0.25) is 4.79 Å². The summed E-state index contributed by atoms with van der Waals surface area (Å²) < 4.78 is 5.57. The molecule has 2 fully saturated rings. The zero-order chi connectivity index (χ0) is 10.7. The van der Waals surface area contributed by atoms with E-state index in [1.165, 1.54) is 0 Å². The Morgan fingerprint density at radius 2 is 2.40 bits per heavy atom. The van der Waals surface area contributed by atoms with Gasteiger partial charge in [-0.05, 0) is 32.7 Å². The van der Waals surface area contributed by atoms with Crippen LogP contribution in [-0.4, -0.2) is 49.2 Å². The van der Waals surface area contributed by atoms with Gasteiger partial charge < -0.3 is 15.0 Å². The summed E-state index contributed by atoms with van der Waals surface area (Å²) >= 11 is 0. The molecule has 2 heterocycles. The third kappa shape index (κ3) is 2.69. The van der Waals surface area contributed by atoms with Gasteiger partial charge >= 0.3 is 0 Å². The molecule has 0 bridgehead atoms. The number of carbonyl (C=O) groups excluding carboxylic acids is 1. The Morgan fingerprint density at radius 3 is 3.13 bits per heavy atom. The molecule has 15 heavy (non-hydrogen) atoms. The fourth-order valence-corrected chi connectivity index (χ4v) is 2.28. The van der Waals surface area contributed by atoms with E-state index in [0.29, 0.717) is 0 Å². The van der Waals surface area contributed by atoms with Crippen LogP contribution in [0.3, 0.4) is 0 Å². The van der Waals surface area contributed by atoms with Crippen molar-refractivity contribution in [3.63, 3.8) is 0 Å². The summed E-state index contributed by atoms with van der Waals surface area (Å²) in [4.78, 5) is 13.9. The minimum atomic E-state index is -0.0334. The van der Waals surface area contributed by atoms with Crippen molar-refractivity contribution in [2.75, 3.05) is 26.2 Å². The van der Waals surface area contributed by atoms with E-state index < -0.39 is 0 Å². The molecule has 0 aliphatic carbocycles. The average molecular weight is 212 g/mol. The van der Waals surface area contributed by atoms with Gasteiger partial charge in [-0.15, -0.1) is 0 Å². The number of hydrogen-bond acceptors (Lipinski definition) is 3. The van der Waals surface area contributed by atoms with E-state index in [1.54, 1.807) is 0 Å². The molecule has 2 atom stereocenters. The fraction of sp³-hybridized carbons (Fsp3) is 0.909. The highest BCUT2D eigenvalue weighted by Gasteiger charge is 2.26. The first-order chi connectivity index (χ1) is 7.27. The molecule has 4 nitrogen and oxygen atoms in total. The summed E-state index contributed by atoms with van der Waals surface area (Å²) in [6.07, 6.45) is 3.56. The van der Waals surface area contributed by atoms with Crippen LogP contribution in [0.5, 0.6) is 0 Å². The van der Waals surface area contributed by atoms with Crippen LogP contribution in [0.15, 0.2) is 0 Å². The Hall–Kier alpha value is -0.610. The van der Waals surface area contributed by atoms with Crippen molar-refractivity contribution in [2.24, 2.45) is 0 Å². The molecule has 2 unspecified atom stereocenters. The lowest BCUT2D eigenvalue weighted by Gasteiger charge is -2.25. The molecule has 0 aromatic rings. The number of ether oxygens (including phenoxy) is 1. The predicted molar refractivity (Wildman–Crippen MR) is 57.6 cm³/mol. The summed E-state index contributed by atoms with van der Waals surface area (Å²) in [6.45, 7) is 5.40. The second-order valence-electron chi connectivity index (χ2n) is 4.45. The molecular formula is C11H20N2O2. The lowest BCUT2D eigenvalue weighted by Crippen LogP contribution is -2.44. The van der Waals surface area contributed by atoms with Crippen LogP contribution in [0, 0.1) is 0 Å². The third-order valence-corrected chi connectivity index (χ3v) is 3.19. The number of hydrogen-bond donors (Lipinski definition) is 1. The third-order valence-electron chi connectivity index (χ3n) is 3.19. The van der Waals surface area contributed by atoms with Crippen LogP contribution in [0.25, 0.3) is 0 Å². The quantitative estimate of drug-likeness (QED) is 0.719. The van der Waals surface area contributed by atoms with Gasteiger partial charge in [-0.1, -0.05) is 0 Å². The van der Waals surface area contributed by atoms with Crippen molar-refractivity contribution in [2.45, 2.75) is 38.3 Å². The maximum absolute atomic E-state index is 11.9. The molecule has 86 valence electrons. The van der Waals surface area contributed by atoms with Gasteiger partial charge in [0, 0.05) is 19.7 Å². The molecule has 0 saturated carbocycles. The van der Waals surface area contributed by atoms with E-state index in [-0.39, 0.29) is 18.1 Å². The first-order valence-electron chi connectivity index (χ1n) is 5.91. The first-order valence-corrected chi connectivity index (χ1v) is 5.91. The zero-order valence-corrected chi connectivity index (χ0v) is 9.37. The molecule has 2 aliphatic heterocycles. The lowest BCUT2D eigenvalue weighted by atomic mass is 10.2. The van der Waals surface area contributed by atoms with Crippen molar-refractivity contribution >= 4 is 5.91 Å². The molecule has 0 radical (unpaired) electrons. The van der Waals surface area contributed by atoms with Crippen LogP contribution in [0.1, 0.15) is 26.2 Å². The molecule has 0 aromatic heterocycles. The van der Waals surface area contributed by atoms with E-state index in [1.807, 2.05) is 11.8 Å². The number of nitrogens with zero attached hydrogens (tertiary/aromatic N) is 1. The van der Waals surface area contributed by atoms with Crippen LogP contribution < -0.4 is 5.32 Å². The highest BCUT2D eigenvalue weighted by Crippen LogP contribution is 2.14. The zero-order valence-electron chi connectivity index (χ0n) is 9.37. The molecule has 2 saturated heterocycles. The van der Waals surface area contributed by atoms with E-state index in [9.17, 15) is 4.79 Å². The van der Waals surface area contributed by atoms with Gasteiger partial charge in [0.25, 0.3) is 0 Å². The molecule has 2 rings (SSSR count). The second-order valence-corrected chi connectivity index (χ2v) is 4.45. The number of amides is 1. The van der Waals surface area contributed by atoms with Crippen molar-refractivity contribution in [3.05, 3.63) is 0 Å². The minimum absolute atomic E-state index is 0.0334. The van der Waals surface area contributed by atoms with E-state index >= 15 is 0 Å².